The van der Waals surface area contributed by atoms with E-state index >= 15 is 0 Å². The molecule has 0 fully saturated rings. The van der Waals surface area contributed by atoms with Gasteiger partial charge in [0.25, 0.3) is 46.4 Å². The van der Waals surface area contributed by atoms with E-state index in [1.165, 1.54) is 0 Å². The summed E-state index contributed by atoms with van der Waals surface area (Å²) in [7, 11) is -18.3. The van der Waals surface area contributed by atoms with E-state index in [4.69, 9.17) is 28.1 Å². The second-order valence-corrected chi connectivity index (χ2v) is 24.7. The fourth-order valence-corrected chi connectivity index (χ4v) is 14.5. The molecule has 0 spiro atoms. The smallest absolute Gasteiger partial charge is 0.300 e. The second kappa shape index (κ2) is 31.4. The van der Waals surface area contributed by atoms with Crippen molar-refractivity contribution >= 4 is 62.3 Å². The molecule has 0 rings (SSSR count). The minimum absolute atomic E-state index is 0. The van der Waals surface area contributed by atoms with Gasteiger partial charge in [0.2, 0.25) is 0 Å². The van der Waals surface area contributed by atoms with Crippen molar-refractivity contribution in [3.8, 4) is 0 Å². The summed E-state index contributed by atoms with van der Waals surface area (Å²) >= 11 is 0. The monoisotopic (exact) mass is 994 g/mol. The molecular weight excluding hydrogens is 933 g/mol. The first kappa shape index (κ1) is 58.8. The van der Waals surface area contributed by atoms with E-state index in [1.807, 2.05) is 0 Å². The first-order valence-corrected chi connectivity index (χ1v) is 27.4. The van der Waals surface area contributed by atoms with Crippen molar-refractivity contribution in [2.75, 3.05) is 86.4 Å². The van der Waals surface area contributed by atoms with E-state index in [-0.39, 0.29) is 20.4 Å². The zero-order chi connectivity index (χ0) is 41.3. The first-order valence-electron chi connectivity index (χ1n) is 17.2. The third-order valence-corrected chi connectivity index (χ3v) is 17.4. The van der Waals surface area contributed by atoms with Gasteiger partial charge >= 0.3 is 0 Å². The average molecular weight is 995 g/mol. The minimum atomic E-state index is -4.26. The minimum Gasteiger partial charge on any atom is -0.481 e. The van der Waals surface area contributed by atoms with Crippen molar-refractivity contribution < 1.29 is 103 Å². The van der Waals surface area contributed by atoms with E-state index in [0.717, 1.165) is 50.3 Å². The predicted molar refractivity (Wildman–Crippen MR) is 206 cm³/mol. The molecule has 54 heavy (non-hydrogen) atoms. The van der Waals surface area contributed by atoms with Crippen LogP contribution in [0.4, 0.5) is 0 Å². The largest absolute Gasteiger partial charge is 0.481 e. The second-order valence-electron chi connectivity index (χ2n) is 13.3. The van der Waals surface area contributed by atoms with Gasteiger partial charge in [-0.1, -0.05) is 0 Å². The molecule has 0 aromatic carbocycles. The molecule has 0 bridgehead atoms. The van der Waals surface area contributed by atoms with Crippen LogP contribution in [-0.2, 0) is 65.7 Å². The van der Waals surface area contributed by atoms with Crippen LogP contribution < -0.4 is 0 Å². The van der Waals surface area contributed by atoms with Gasteiger partial charge in [-0.15, -0.1) is 15.8 Å². The van der Waals surface area contributed by atoms with Crippen LogP contribution in [0, 0.1) is 23.7 Å². The van der Waals surface area contributed by atoms with Crippen molar-refractivity contribution in [3.63, 3.8) is 0 Å². The van der Waals surface area contributed by atoms with E-state index in [9.17, 15) is 54.1 Å². The zero-order valence-corrected chi connectivity index (χ0v) is 37.2. The van der Waals surface area contributed by atoms with Gasteiger partial charge in [-0.05, 0) is 118 Å². The quantitative estimate of drug-likeness (QED) is 0.0262. The molecule has 0 saturated carbocycles. The van der Waals surface area contributed by atoms with Gasteiger partial charge in [-0.2, -0.15) is 33.7 Å². The Hall–Kier alpha value is 0.472. The van der Waals surface area contributed by atoms with Gasteiger partial charge in [-0.25, -0.2) is 0 Å². The topological polar surface area (TPSA) is 336 Å². The summed E-state index contributed by atoms with van der Waals surface area (Å²) in [5.74, 6) is -5.55. The maximum atomic E-state index is 11.3. The molecule has 0 saturated heterocycles. The Balaban J connectivity index is -0.00000493. The number of hydrogen-bond donors (Lipinski definition) is 9. The van der Waals surface area contributed by atoms with Crippen molar-refractivity contribution in [1.82, 2.24) is 0 Å². The summed E-state index contributed by atoms with van der Waals surface area (Å²) in [5, 5.41) is 45.7. The maximum absolute atomic E-state index is 11.3. The number of carbonyl (C=O) groups is 1. The molecule has 0 amide bonds. The Morgan fingerprint density at radius 1 is 0.444 bits per heavy atom. The van der Waals surface area contributed by atoms with Crippen molar-refractivity contribution in [2.45, 2.75) is 64.7 Å². The molecule has 4 atom stereocenters. The number of carboxylic acids is 1. The van der Waals surface area contributed by atoms with Crippen molar-refractivity contribution in [2.24, 2.45) is 23.7 Å². The number of rotatable bonds is 32. The van der Waals surface area contributed by atoms with E-state index in [0.29, 0.717) is 51.4 Å². The molecule has 18 nitrogen and oxygen atoms in total. The molecule has 0 aliphatic heterocycles. The van der Waals surface area contributed by atoms with Crippen molar-refractivity contribution in [1.29, 1.82) is 0 Å². The standard InChI is InChI=1S/C27H58O16P2S4.C2H4O2.Pd/c28-16-24(20-46(32,33)34)6-1-10-44(11-2-7-25(17-29)21-47(35,36)37)14-5-15-45(12-3-8-26(18-30)22-48(38,39)40)13-4-9-27(19-31)23-49(41,42)43;1-2(3)4;/h24-31H,1-23H2,(H,32,33,34)(H,35,36,37)(H,38,39,40)(H,41,42,43);1H3,(H,3,4);. The van der Waals surface area contributed by atoms with Gasteiger partial charge in [0.05, 0.1) is 23.0 Å². The van der Waals surface area contributed by atoms with Crippen LogP contribution in [0.3, 0.4) is 0 Å². The van der Waals surface area contributed by atoms with Gasteiger partial charge in [0.15, 0.2) is 0 Å². The molecule has 0 aliphatic carbocycles. The van der Waals surface area contributed by atoms with Gasteiger partial charge in [0.1, 0.15) is 0 Å². The molecular formula is C29H62O18P2PdS4. The fourth-order valence-electron chi connectivity index (χ4n) is 5.70. The number of aliphatic hydroxyl groups is 4. The summed E-state index contributed by atoms with van der Waals surface area (Å²) in [4.78, 5) is 9.00. The summed E-state index contributed by atoms with van der Waals surface area (Å²) in [6, 6.07) is 0. The molecule has 0 aromatic rings. The van der Waals surface area contributed by atoms with Crippen LogP contribution in [0.5, 0.6) is 0 Å². The van der Waals surface area contributed by atoms with Crippen molar-refractivity contribution in [3.05, 3.63) is 0 Å². The number of aliphatic carboxylic acids is 1. The normalized spacial score (nSPS) is 15.9. The van der Waals surface area contributed by atoms with Gasteiger partial charge < -0.3 is 25.5 Å². The number of hydrogen-bond acceptors (Lipinski definition) is 13. The average Bonchev–Trinajstić information content (AvgIpc) is 2.99. The predicted octanol–water partition coefficient (Wildman–Crippen LogP) is 1.53. The van der Waals surface area contributed by atoms with E-state index in [1.54, 1.807) is 0 Å². The maximum Gasteiger partial charge on any atom is 0.300 e. The molecule has 25 heteroatoms. The Morgan fingerprint density at radius 2 is 0.611 bits per heavy atom. The van der Waals surface area contributed by atoms with Crippen LogP contribution in [0.1, 0.15) is 64.7 Å². The van der Waals surface area contributed by atoms with Crippen LogP contribution in [0.25, 0.3) is 0 Å². The van der Waals surface area contributed by atoms with Crippen LogP contribution >= 0.6 is 15.8 Å². The summed E-state index contributed by atoms with van der Waals surface area (Å²) < 4.78 is 127. The Bertz CT molecular complexity index is 1220. The fraction of sp³-hybridized carbons (Fsp3) is 0.966. The summed E-state index contributed by atoms with van der Waals surface area (Å²) in [6.45, 7) is -0.533. The van der Waals surface area contributed by atoms with Crippen LogP contribution in [-0.4, -0.2) is 170 Å². The molecule has 0 heterocycles. The van der Waals surface area contributed by atoms with Crippen LogP contribution in [0.2, 0.25) is 0 Å². The Kier molecular flexibility index (Phi) is 34.2. The molecule has 330 valence electrons. The van der Waals surface area contributed by atoms with E-state index < -0.39 is 135 Å². The summed E-state index contributed by atoms with van der Waals surface area (Å²) in [6.07, 6.45) is 9.12. The Labute approximate surface area is 337 Å². The first-order chi connectivity index (χ1) is 24.3. The zero-order valence-electron chi connectivity index (χ0n) is 30.6. The SMILES string of the molecule is CC(=O)O.O=S(=O)(O)CC(CO)CCCP(CCCC(CO)CS(=O)(=O)O)CCCP(CCCC(CO)CS(=O)(=O)O)CCCC(CO)CS(=O)(=O)O.[Pd]. The van der Waals surface area contributed by atoms with Gasteiger partial charge in [-0.3, -0.25) is 23.0 Å². The van der Waals surface area contributed by atoms with Crippen LogP contribution in [0.15, 0.2) is 0 Å². The number of aliphatic hydroxyl groups excluding tert-OH is 4. The third-order valence-electron chi connectivity index (χ3n) is 8.11. The number of carboxylic acid groups (broad SMARTS) is 1. The molecule has 4 unspecified atom stereocenters. The Morgan fingerprint density at radius 3 is 0.759 bits per heavy atom. The van der Waals surface area contributed by atoms with Gasteiger partial charge in [0, 0.05) is 53.8 Å². The molecule has 0 radical (unpaired) electrons. The molecule has 9 N–H and O–H groups in total. The summed E-state index contributed by atoms with van der Waals surface area (Å²) in [5.41, 5.74) is 0. The third kappa shape index (κ3) is 40.7. The van der Waals surface area contributed by atoms with E-state index in [2.05, 4.69) is 0 Å². The molecule has 0 aliphatic rings. The molecule has 0 aromatic heterocycles.